The lowest BCUT2D eigenvalue weighted by Crippen LogP contribution is -2.34. The van der Waals surface area contributed by atoms with Gasteiger partial charge in [-0.1, -0.05) is 29.8 Å². The minimum atomic E-state index is -4.49. The van der Waals surface area contributed by atoms with Crippen molar-refractivity contribution in [2.45, 2.75) is 18.7 Å². The van der Waals surface area contributed by atoms with Crippen LogP contribution < -0.4 is 4.90 Å². The lowest BCUT2D eigenvalue weighted by atomic mass is 10.1. The normalized spacial score (nSPS) is 17.4. The molecule has 1 saturated heterocycles. The van der Waals surface area contributed by atoms with Gasteiger partial charge in [0.05, 0.1) is 16.7 Å². The van der Waals surface area contributed by atoms with Gasteiger partial charge in [0.25, 0.3) is 0 Å². The molecule has 0 radical (unpaired) electrons. The van der Waals surface area contributed by atoms with E-state index in [0.717, 1.165) is 12.3 Å². The van der Waals surface area contributed by atoms with Gasteiger partial charge in [-0.05, 0) is 18.6 Å². The van der Waals surface area contributed by atoms with Crippen molar-refractivity contribution >= 4 is 17.4 Å². The van der Waals surface area contributed by atoms with E-state index in [4.69, 9.17) is 11.6 Å². The topological polar surface area (TPSA) is 39.6 Å². The number of rotatable bonds is 4. The number of hydrogen-bond donors (Lipinski definition) is 1. The number of pyridine rings is 1. The van der Waals surface area contributed by atoms with E-state index >= 15 is 0 Å². The zero-order valence-corrected chi connectivity index (χ0v) is 15.7. The van der Waals surface area contributed by atoms with E-state index in [9.17, 15) is 22.7 Å². The highest BCUT2D eigenvalue weighted by atomic mass is 35.5. The fourth-order valence-corrected chi connectivity index (χ4v) is 3.56. The molecule has 3 rings (SSSR count). The van der Waals surface area contributed by atoms with Gasteiger partial charge < -0.3 is 10.0 Å². The van der Waals surface area contributed by atoms with Crippen molar-refractivity contribution in [1.29, 1.82) is 0 Å². The van der Waals surface area contributed by atoms with Crippen molar-refractivity contribution in [3.8, 4) is 0 Å². The molecule has 0 bridgehead atoms. The Balaban J connectivity index is 1.64. The Morgan fingerprint density at radius 3 is 2.57 bits per heavy atom. The van der Waals surface area contributed by atoms with Crippen LogP contribution in [0.25, 0.3) is 0 Å². The molecule has 2 heterocycles. The number of halogens is 5. The summed E-state index contributed by atoms with van der Waals surface area (Å²) in [5.74, 6) is -0.140. The van der Waals surface area contributed by atoms with Crippen LogP contribution >= 0.6 is 11.6 Å². The second-order valence-electron chi connectivity index (χ2n) is 6.71. The van der Waals surface area contributed by atoms with Crippen LogP contribution in [0.3, 0.4) is 0 Å². The molecule has 28 heavy (non-hydrogen) atoms. The van der Waals surface area contributed by atoms with Crippen molar-refractivity contribution in [1.82, 2.24) is 9.88 Å². The lowest BCUT2D eigenvalue weighted by Gasteiger charge is -2.25. The molecule has 1 aromatic heterocycles. The number of nitrogens with zero attached hydrogens (tertiary/aromatic N) is 3. The van der Waals surface area contributed by atoms with Gasteiger partial charge in [0.1, 0.15) is 11.6 Å². The first-order chi connectivity index (χ1) is 13.3. The van der Waals surface area contributed by atoms with Gasteiger partial charge in [-0.3, -0.25) is 4.90 Å². The maximum absolute atomic E-state index is 13.8. The molecule has 1 atom stereocenters. The van der Waals surface area contributed by atoms with Crippen molar-refractivity contribution < 1.29 is 22.7 Å². The highest BCUT2D eigenvalue weighted by Gasteiger charge is 2.32. The highest BCUT2D eigenvalue weighted by Crippen LogP contribution is 2.33. The Bertz CT molecular complexity index is 818. The standard InChI is InChI=1S/C19H20ClF4N3O/c20-15-10-13(19(22,23)24)11-25-18(15)27-7-3-6-26(8-9-27)12-17(28)14-4-1-2-5-16(14)21/h1-2,4-5,10-11,17,28H,3,6-9,12H2/t17-/m1/s1. The molecule has 1 N–H and O–H groups in total. The number of aliphatic hydroxyl groups excluding tert-OH is 1. The number of β-amino-alcohol motifs (C(OH)–C–C–N with tert-alkyl or cyclic N) is 1. The third-order valence-corrected chi connectivity index (χ3v) is 5.01. The van der Waals surface area contributed by atoms with Crippen LogP contribution in [0.2, 0.25) is 5.02 Å². The van der Waals surface area contributed by atoms with Gasteiger partial charge in [-0.15, -0.1) is 0 Å². The summed E-state index contributed by atoms with van der Waals surface area (Å²) in [5, 5.41) is 10.3. The number of anilines is 1. The molecule has 0 unspecified atom stereocenters. The van der Waals surface area contributed by atoms with Gasteiger partial charge in [0.2, 0.25) is 0 Å². The molecule has 0 spiro atoms. The monoisotopic (exact) mass is 417 g/mol. The first-order valence-corrected chi connectivity index (χ1v) is 9.26. The zero-order valence-electron chi connectivity index (χ0n) is 15.0. The molecular weight excluding hydrogens is 398 g/mol. The Morgan fingerprint density at radius 2 is 1.89 bits per heavy atom. The van der Waals surface area contributed by atoms with Crippen LogP contribution in [0.5, 0.6) is 0 Å². The largest absolute Gasteiger partial charge is 0.417 e. The Kier molecular flexibility index (Phi) is 6.42. The first-order valence-electron chi connectivity index (χ1n) is 8.88. The molecule has 1 aliphatic heterocycles. The van der Waals surface area contributed by atoms with Crippen LogP contribution in [0.1, 0.15) is 23.7 Å². The van der Waals surface area contributed by atoms with E-state index in [1.165, 1.54) is 6.07 Å². The summed E-state index contributed by atoms with van der Waals surface area (Å²) >= 11 is 6.04. The molecule has 0 aliphatic carbocycles. The average molecular weight is 418 g/mol. The van der Waals surface area contributed by atoms with Gasteiger partial charge in [0.15, 0.2) is 0 Å². The minimum absolute atomic E-state index is 0.0466. The maximum Gasteiger partial charge on any atom is 0.417 e. The summed E-state index contributed by atoms with van der Waals surface area (Å²) in [6, 6.07) is 6.98. The number of hydrogen-bond acceptors (Lipinski definition) is 4. The third kappa shape index (κ3) is 4.92. The van der Waals surface area contributed by atoms with Crippen LogP contribution in [0.4, 0.5) is 23.4 Å². The summed E-state index contributed by atoms with van der Waals surface area (Å²) in [6.45, 7) is 2.54. The van der Waals surface area contributed by atoms with Gasteiger partial charge >= 0.3 is 6.18 Å². The van der Waals surface area contributed by atoms with Crippen LogP contribution in [0.15, 0.2) is 36.5 Å². The molecule has 0 amide bonds. The molecule has 9 heteroatoms. The molecule has 152 valence electrons. The molecule has 1 aromatic carbocycles. The first kappa shape index (κ1) is 20.8. The van der Waals surface area contributed by atoms with Gasteiger partial charge in [-0.2, -0.15) is 13.2 Å². The summed E-state index contributed by atoms with van der Waals surface area (Å²) < 4.78 is 52.2. The van der Waals surface area contributed by atoms with E-state index in [-0.39, 0.29) is 17.1 Å². The SMILES string of the molecule is O[C@H](CN1CCCN(c2ncc(C(F)(F)F)cc2Cl)CC1)c1ccccc1F. The fourth-order valence-electron chi connectivity index (χ4n) is 3.27. The average Bonchev–Trinajstić information content (AvgIpc) is 2.86. The smallest absolute Gasteiger partial charge is 0.387 e. The second kappa shape index (κ2) is 8.63. The highest BCUT2D eigenvalue weighted by molar-refractivity contribution is 6.33. The summed E-state index contributed by atoms with van der Waals surface area (Å²) in [7, 11) is 0. The van der Waals surface area contributed by atoms with Crippen molar-refractivity contribution in [3.05, 3.63) is 58.5 Å². The van der Waals surface area contributed by atoms with E-state index in [2.05, 4.69) is 4.98 Å². The Morgan fingerprint density at radius 1 is 1.14 bits per heavy atom. The predicted octanol–water partition coefficient (Wildman–Crippen LogP) is 4.14. The number of alkyl halides is 3. The van der Waals surface area contributed by atoms with Crippen LogP contribution in [0, 0.1) is 5.82 Å². The third-order valence-electron chi connectivity index (χ3n) is 4.73. The van der Waals surface area contributed by atoms with E-state index in [0.29, 0.717) is 38.4 Å². The molecule has 1 aliphatic rings. The van der Waals surface area contributed by atoms with Crippen LogP contribution in [-0.2, 0) is 6.18 Å². The lowest BCUT2D eigenvalue weighted by molar-refractivity contribution is -0.137. The molecule has 4 nitrogen and oxygen atoms in total. The second-order valence-corrected chi connectivity index (χ2v) is 7.11. The van der Waals surface area contributed by atoms with Crippen LogP contribution in [-0.4, -0.2) is 47.7 Å². The molecular formula is C19H20ClF4N3O. The van der Waals surface area contributed by atoms with E-state index in [1.54, 1.807) is 18.2 Å². The van der Waals surface area contributed by atoms with E-state index in [1.807, 2.05) is 9.80 Å². The number of aliphatic hydroxyl groups is 1. The predicted molar refractivity (Wildman–Crippen MR) is 98.9 cm³/mol. The molecule has 0 saturated carbocycles. The minimum Gasteiger partial charge on any atom is -0.387 e. The maximum atomic E-state index is 13.8. The van der Waals surface area contributed by atoms with Gasteiger partial charge in [-0.25, -0.2) is 9.37 Å². The number of aromatic nitrogens is 1. The fraction of sp³-hybridized carbons (Fsp3) is 0.421. The van der Waals surface area contributed by atoms with E-state index < -0.39 is 23.7 Å². The summed E-state index contributed by atoms with van der Waals surface area (Å²) in [4.78, 5) is 7.74. The summed E-state index contributed by atoms with van der Waals surface area (Å²) in [6.07, 6.45) is -3.96. The van der Waals surface area contributed by atoms with Crippen molar-refractivity contribution in [2.75, 3.05) is 37.6 Å². The number of benzene rings is 1. The van der Waals surface area contributed by atoms with Crippen molar-refractivity contribution in [3.63, 3.8) is 0 Å². The summed E-state index contributed by atoms with van der Waals surface area (Å²) in [5.41, 5.74) is -0.637. The van der Waals surface area contributed by atoms with Crippen molar-refractivity contribution in [2.24, 2.45) is 0 Å². The van der Waals surface area contributed by atoms with Gasteiger partial charge in [0, 0.05) is 44.5 Å². The Hall–Kier alpha value is -1.90. The zero-order chi connectivity index (χ0) is 20.3. The molecule has 2 aromatic rings. The Labute approximate surface area is 165 Å². The molecule has 1 fully saturated rings. The quantitative estimate of drug-likeness (QED) is 0.759.